The van der Waals surface area contributed by atoms with E-state index in [1.54, 1.807) is 38.2 Å². The Hall–Kier alpha value is -3.13. The van der Waals surface area contributed by atoms with Gasteiger partial charge in [-0.05, 0) is 30.7 Å². The summed E-state index contributed by atoms with van der Waals surface area (Å²) in [4.78, 5) is 40.7. The van der Waals surface area contributed by atoms with Gasteiger partial charge in [0.15, 0.2) is 5.65 Å². The summed E-state index contributed by atoms with van der Waals surface area (Å²) in [5.74, 6) is -0.994. The van der Waals surface area contributed by atoms with Crippen LogP contribution in [0.25, 0.3) is 11.0 Å². The van der Waals surface area contributed by atoms with Crippen molar-refractivity contribution in [1.82, 2.24) is 25.6 Å². The molecule has 0 atom stereocenters. The molecule has 2 heterocycles. The smallest absolute Gasteiger partial charge is 0.273 e. The molecule has 134 valence electrons. The Labute approximate surface area is 153 Å². The second-order valence-electron chi connectivity index (χ2n) is 5.82. The third-order valence-electron chi connectivity index (χ3n) is 3.78. The summed E-state index contributed by atoms with van der Waals surface area (Å²) >= 11 is 5.80. The Morgan fingerprint density at radius 3 is 2.62 bits per heavy atom. The lowest BCUT2D eigenvalue weighted by molar-refractivity contribution is -0.121. The van der Waals surface area contributed by atoms with Gasteiger partial charge in [0, 0.05) is 17.8 Å². The van der Waals surface area contributed by atoms with Crippen molar-refractivity contribution in [2.75, 3.05) is 0 Å². The normalized spacial score (nSPS) is 10.7. The van der Waals surface area contributed by atoms with Crippen LogP contribution in [0.1, 0.15) is 21.6 Å². The van der Waals surface area contributed by atoms with Gasteiger partial charge in [0.2, 0.25) is 5.91 Å². The van der Waals surface area contributed by atoms with Crippen LogP contribution in [0.15, 0.2) is 35.1 Å². The molecule has 26 heavy (non-hydrogen) atoms. The molecule has 9 heteroatoms. The Balaban J connectivity index is 1.74. The van der Waals surface area contributed by atoms with Crippen molar-refractivity contribution < 1.29 is 9.59 Å². The van der Waals surface area contributed by atoms with E-state index in [-0.39, 0.29) is 17.4 Å². The lowest BCUT2D eigenvalue weighted by atomic mass is 10.1. The first-order valence-electron chi connectivity index (χ1n) is 7.75. The van der Waals surface area contributed by atoms with Gasteiger partial charge in [-0.15, -0.1) is 0 Å². The Morgan fingerprint density at radius 1 is 1.23 bits per heavy atom. The lowest BCUT2D eigenvalue weighted by Gasteiger charge is -2.09. The van der Waals surface area contributed by atoms with Crippen LogP contribution < -0.4 is 16.4 Å². The number of carbonyl (C=O) groups is 2. The predicted molar refractivity (Wildman–Crippen MR) is 96.8 cm³/mol. The van der Waals surface area contributed by atoms with E-state index < -0.39 is 17.4 Å². The average molecular weight is 374 g/mol. The van der Waals surface area contributed by atoms with Crippen molar-refractivity contribution in [3.8, 4) is 0 Å². The highest BCUT2D eigenvalue weighted by Gasteiger charge is 2.18. The highest BCUT2D eigenvalue weighted by molar-refractivity contribution is 6.30. The van der Waals surface area contributed by atoms with Gasteiger partial charge in [-0.25, -0.2) is 4.98 Å². The van der Waals surface area contributed by atoms with Gasteiger partial charge >= 0.3 is 0 Å². The van der Waals surface area contributed by atoms with Crippen LogP contribution in [0.5, 0.6) is 0 Å². The number of pyridine rings is 1. The fraction of sp³-hybridized carbons (Fsp3) is 0.176. The summed E-state index contributed by atoms with van der Waals surface area (Å²) in [6.07, 6.45) is 0.0775. The first-order chi connectivity index (χ1) is 12.3. The van der Waals surface area contributed by atoms with Gasteiger partial charge in [0.25, 0.3) is 11.5 Å². The first kappa shape index (κ1) is 17.7. The fourth-order valence-electron chi connectivity index (χ4n) is 2.59. The summed E-state index contributed by atoms with van der Waals surface area (Å²) in [6.45, 7) is 1.72. The van der Waals surface area contributed by atoms with Crippen LogP contribution in [0.2, 0.25) is 5.02 Å². The molecule has 2 aromatic heterocycles. The summed E-state index contributed by atoms with van der Waals surface area (Å²) in [5, 5.41) is 3.31. The number of nitrogens with one attached hydrogen (secondary N) is 3. The van der Waals surface area contributed by atoms with E-state index in [0.717, 1.165) is 5.56 Å². The van der Waals surface area contributed by atoms with E-state index in [2.05, 4.69) is 20.9 Å². The maximum absolute atomic E-state index is 12.4. The molecule has 3 rings (SSSR count). The standard InChI is InChI=1S/C17H16ClN5O3/c1-9-7-12(14-15(19-9)23(2)22-17(14)26)16(25)21-20-13(24)8-10-3-5-11(18)6-4-10/h3-7H,8H2,1-2H3,(H,20,24)(H,21,25)(H,22,26). The number of aromatic amines is 1. The third kappa shape index (κ3) is 3.60. The zero-order valence-electron chi connectivity index (χ0n) is 14.1. The largest absolute Gasteiger partial charge is 0.274 e. The van der Waals surface area contributed by atoms with Gasteiger partial charge in [0.05, 0.1) is 17.4 Å². The van der Waals surface area contributed by atoms with Crippen LogP contribution in [0, 0.1) is 6.92 Å². The van der Waals surface area contributed by atoms with Crippen LogP contribution >= 0.6 is 11.6 Å². The van der Waals surface area contributed by atoms with E-state index in [4.69, 9.17) is 11.6 Å². The quantitative estimate of drug-likeness (QED) is 0.600. The summed E-state index contributed by atoms with van der Waals surface area (Å²) in [7, 11) is 1.63. The zero-order chi connectivity index (χ0) is 18.8. The second-order valence-corrected chi connectivity index (χ2v) is 6.25. The number of rotatable bonds is 3. The highest BCUT2D eigenvalue weighted by Crippen LogP contribution is 2.14. The number of carbonyl (C=O) groups excluding carboxylic acids is 2. The van der Waals surface area contributed by atoms with Crippen molar-refractivity contribution in [1.29, 1.82) is 0 Å². The van der Waals surface area contributed by atoms with Crippen LogP contribution in [0.3, 0.4) is 0 Å². The number of halogens is 1. The van der Waals surface area contributed by atoms with Crippen LogP contribution in [-0.4, -0.2) is 26.6 Å². The van der Waals surface area contributed by atoms with Crippen LogP contribution in [-0.2, 0) is 18.3 Å². The molecule has 0 fully saturated rings. The Bertz CT molecular complexity index is 1050. The van der Waals surface area contributed by atoms with Crippen molar-refractivity contribution in [2.24, 2.45) is 7.05 Å². The minimum Gasteiger partial charge on any atom is -0.273 e. The molecular formula is C17H16ClN5O3. The van der Waals surface area contributed by atoms with Crippen LogP contribution in [0.4, 0.5) is 0 Å². The molecule has 0 radical (unpaired) electrons. The maximum atomic E-state index is 12.4. The molecule has 0 aliphatic heterocycles. The highest BCUT2D eigenvalue weighted by atomic mass is 35.5. The number of hydrogen-bond donors (Lipinski definition) is 3. The van der Waals surface area contributed by atoms with E-state index in [0.29, 0.717) is 16.4 Å². The summed E-state index contributed by atoms with van der Waals surface area (Å²) in [5.41, 5.74) is 6.09. The molecule has 0 bridgehead atoms. The number of aromatic nitrogens is 3. The first-order valence-corrected chi connectivity index (χ1v) is 8.13. The molecule has 3 N–H and O–H groups in total. The lowest BCUT2D eigenvalue weighted by Crippen LogP contribution is -2.42. The third-order valence-corrected chi connectivity index (χ3v) is 4.03. The number of amides is 2. The molecule has 0 spiro atoms. The molecular weight excluding hydrogens is 358 g/mol. The van der Waals surface area contributed by atoms with E-state index in [9.17, 15) is 14.4 Å². The molecule has 0 unspecified atom stereocenters. The Kier molecular flexibility index (Phi) is 4.77. The van der Waals surface area contributed by atoms with E-state index in [1.807, 2.05) is 0 Å². The Morgan fingerprint density at radius 2 is 1.92 bits per heavy atom. The van der Waals surface area contributed by atoms with Crippen molar-refractivity contribution >= 4 is 34.4 Å². The number of aryl methyl sites for hydroxylation is 2. The topological polar surface area (TPSA) is 109 Å². The molecule has 0 aliphatic carbocycles. The predicted octanol–water partition coefficient (Wildman–Crippen LogP) is 1.23. The molecule has 0 saturated carbocycles. The zero-order valence-corrected chi connectivity index (χ0v) is 14.8. The average Bonchev–Trinajstić information content (AvgIpc) is 2.88. The SMILES string of the molecule is Cc1cc(C(=O)NNC(=O)Cc2ccc(Cl)cc2)c2c(=O)[nH]n(C)c2n1. The summed E-state index contributed by atoms with van der Waals surface area (Å²) < 4.78 is 1.45. The van der Waals surface area contributed by atoms with E-state index >= 15 is 0 Å². The van der Waals surface area contributed by atoms with Crippen molar-refractivity contribution in [3.63, 3.8) is 0 Å². The molecule has 2 amide bonds. The van der Waals surface area contributed by atoms with Crippen molar-refractivity contribution in [2.45, 2.75) is 13.3 Å². The number of hydrogen-bond acceptors (Lipinski definition) is 4. The molecule has 3 aromatic rings. The molecule has 0 saturated heterocycles. The van der Waals surface area contributed by atoms with Gasteiger partial charge in [0.1, 0.15) is 0 Å². The minimum absolute atomic E-state index is 0.0775. The van der Waals surface area contributed by atoms with E-state index in [1.165, 1.54) is 10.7 Å². The number of H-pyrrole nitrogens is 1. The minimum atomic E-state index is -0.596. The van der Waals surface area contributed by atoms with Gasteiger partial charge in [-0.1, -0.05) is 23.7 Å². The molecule has 8 nitrogen and oxygen atoms in total. The van der Waals surface area contributed by atoms with Gasteiger partial charge < -0.3 is 0 Å². The fourth-order valence-corrected chi connectivity index (χ4v) is 2.72. The molecule has 0 aliphatic rings. The van der Waals surface area contributed by atoms with Gasteiger partial charge in [-0.2, -0.15) is 0 Å². The number of benzene rings is 1. The maximum Gasteiger partial charge on any atom is 0.274 e. The molecule has 1 aromatic carbocycles. The number of fused-ring (bicyclic) bond motifs is 1. The van der Waals surface area contributed by atoms with Gasteiger partial charge in [-0.3, -0.25) is 35.0 Å². The second kappa shape index (κ2) is 7.01. The number of hydrazine groups is 1. The monoisotopic (exact) mass is 373 g/mol. The number of nitrogens with zero attached hydrogens (tertiary/aromatic N) is 2. The summed E-state index contributed by atoms with van der Waals surface area (Å²) in [6, 6.07) is 8.31. The van der Waals surface area contributed by atoms with Crippen molar-refractivity contribution in [3.05, 3.63) is 62.5 Å².